The number of hydrogen-bond acceptors (Lipinski definition) is 2. The predicted molar refractivity (Wildman–Crippen MR) is 29.7 cm³/mol. The molecule has 46 valence electrons. The van der Waals surface area contributed by atoms with E-state index in [4.69, 9.17) is 5.84 Å². The summed E-state index contributed by atoms with van der Waals surface area (Å²) >= 11 is 0. The zero-order valence-corrected chi connectivity index (χ0v) is 4.92. The monoisotopic (exact) mass is 114 g/mol. The first kappa shape index (κ1) is 5.56. The molecule has 0 heterocycles. The van der Waals surface area contributed by atoms with E-state index in [1.165, 1.54) is 11.9 Å². The van der Waals surface area contributed by atoms with E-state index < -0.39 is 0 Å². The van der Waals surface area contributed by atoms with Crippen LogP contribution in [0.25, 0.3) is 0 Å². The number of amides is 1. The van der Waals surface area contributed by atoms with Crippen molar-refractivity contribution >= 4 is 5.91 Å². The lowest BCUT2D eigenvalue weighted by Crippen LogP contribution is -2.37. The molecule has 0 atom stereocenters. The fourth-order valence-electron chi connectivity index (χ4n) is 0.610. The molecular formula is C5H10N2O. The Bertz CT molecular complexity index is 109. The van der Waals surface area contributed by atoms with Gasteiger partial charge in [-0.2, -0.15) is 0 Å². The predicted octanol–water partition coefficient (Wildman–Crippen LogP) is -0.129. The van der Waals surface area contributed by atoms with Gasteiger partial charge in [0, 0.05) is 13.0 Å². The van der Waals surface area contributed by atoms with E-state index in [1.54, 1.807) is 0 Å². The number of hydrazine groups is 1. The lowest BCUT2D eigenvalue weighted by molar-refractivity contribution is -0.129. The topological polar surface area (TPSA) is 46.3 Å². The maximum Gasteiger partial charge on any atom is 0.233 e. The Morgan fingerprint density at radius 3 is 2.38 bits per heavy atom. The van der Waals surface area contributed by atoms with Gasteiger partial charge in [-0.15, -0.1) is 0 Å². The van der Waals surface area contributed by atoms with Gasteiger partial charge in [0.05, 0.1) is 0 Å². The number of carbonyl (C=O) groups is 1. The SMILES string of the molecule is CC(=O)N(N)C1CC1. The minimum atomic E-state index is -0.0347. The van der Waals surface area contributed by atoms with Gasteiger partial charge in [-0.05, 0) is 12.8 Å². The molecule has 0 spiro atoms. The smallest absolute Gasteiger partial charge is 0.233 e. The highest BCUT2D eigenvalue weighted by molar-refractivity contribution is 5.73. The van der Waals surface area contributed by atoms with E-state index in [9.17, 15) is 4.79 Å². The molecule has 0 radical (unpaired) electrons. The highest BCUT2D eigenvalue weighted by Gasteiger charge is 2.28. The standard InChI is InChI=1S/C5H10N2O/c1-4(8)7(6)5-2-3-5/h5H,2-3,6H2,1H3. The fraction of sp³-hybridized carbons (Fsp3) is 0.800. The summed E-state index contributed by atoms with van der Waals surface area (Å²) in [4.78, 5) is 10.4. The van der Waals surface area contributed by atoms with E-state index in [-0.39, 0.29) is 5.91 Å². The second-order valence-electron chi connectivity index (χ2n) is 2.16. The largest absolute Gasteiger partial charge is 0.278 e. The summed E-state index contributed by atoms with van der Waals surface area (Å²) in [6.45, 7) is 1.48. The van der Waals surface area contributed by atoms with Crippen LogP contribution in [0.5, 0.6) is 0 Å². The molecule has 1 fully saturated rings. The summed E-state index contributed by atoms with van der Waals surface area (Å²) < 4.78 is 0. The molecule has 0 saturated heterocycles. The molecule has 1 amide bonds. The van der Waals surface area contributed by atoms with E-state index in [0.717, 1.165) is 12.8 Å². The molecule has 3 heteroatoms. The van der Waals surface area contributed by atoms with Crippen molar-refractivity contribution in [2.75, 3.05) is 0 Å². The Morgan fingerprint density at radius 1 is 1.75 bits per heavy atom. The van der Waals surface area contributed by atoms with Gasteiger partial charge < -0.3 is 0 Å². The van der Waals surface area contributed by atoms with Crippen molar-refractivity contribution in [2.45, 2.75) is 25.8 Å². The number of nitrogens with two attached hydrogens (primary N) is 1. The Hall–Kier alpha value is -0.570. The van der Waals surface area contributed by atoms with Gasteiger partial charge in [0.2, 0.25) is 5.91 Å². The summed E-state index contributed by atoms with van der Waals surface area (Å²) in [5.74, 6) is 5.27. The van der Waals surface area contributed by atoms with Gasteiger partial charge >= 0.3 is 0 Å². The van der Waals surface area contributed by atoms with Gasteiger partial charge in [0.25, 0.3) is 0 Å². The van der Waals surface area contributed by atoms with Crippen molar-refractivity contribution < 1.29 is 4.79 Å². The second-order valence-corrected chi connectivity index (χ2v) is 2.16. The number of hydrogen-bond donors (Lipinski definition) is 1. The molecule has 3 nitrogen and oxygen atoms in total. The van der Waals surface area contributed by atoms with Crippen molar-refractivity contribution in [3.63, 3.8) is 0 Å². The van der Waals surface area contributed by atoms with Crippen LogP contribution in [0.3, 0.4) is 0 Å². The van der Waals surface area contributed by atoms with Crippen LogP contribution in [-0.4, -0.2) is 17.0 Å². The average Bonchev–Trinajstić information content (AvgIpc) is 2.43. The van der Waals surface area contributed by atoms with Crippen LogP contribution >= 0.6 is 0 Å². The van der Waals surface area contributed by atoms with Crippen molar-refractivity contribution in [2.24, 2.45) is 5.84 Å². The minimum Gasteiger partial charge on any atom is -0.278 e. The van der Waals surface area contributed by atoms with Crippen molar-refractivity contribution in [3.8, 4) is 0 Å². The zero-order chi connectivity index (χ0) is 6.15. The lowest BCUT2D eigenvalue weighted by atomic mass is 10.6. The molecule has 2 N–H and O–H groups in total. The third-order valence-electron chi connectivity index (χ3n) is 1.30. The first-order valence-electron chi connectivity index (χ1n) is 2.76. The molecule has 0 aromatic carbocycles. The van der Waals surface area contributed by atoms with Crippen LogP contribution < -0.4 is 5.84 Å². The lowest BCUT2D eigenvalue weighted by Gasteiger charge is -2.11. The molecule has 0 bridgehead atoms. The van der Waals surface area contributed by atoms with Crippen LogP contribution in [0, 0.1) is 0 Å². The summed E-state index contributed by atoms with van der Waals surface area (Å²) in [6, 6.07) is 0.354. The van der Waals surface area contributed by atoms with E-state index >= 15 is 0 Å². The van der Waals surface area contributed by atoms with Crippen LogP contribution in [0.4, 0.5) is 0 Å². The van der Waals surface area contributed by atoms with Crippen molar-refractivity contribution in [1.82, 2.24) is 5.01 Å². The maximum atomic E-state index is 10.4. The summed E-state index contributed by atoms with van der Waals surface area (Å²) in [7, 11) is 0. The molecule has 1 aliphatic rings. The van der Waals surface area contributed by atoms with Crippen molar-refractivity contribution in [3.05, 3.63) is 0 Å². The van der Waals surface area contributed by atoms with E-state index in [2.05, 4.69) is 0 Å². The maximum absolute atomic E-state index is 10.4. The normalized spacial score (nSPS) is 18.2. The fourth-order valence-corrected chi connectivity index (χ4v) is 0.610. The highest BCUT2D eigenvalue weighted by atomic mass is 16.2. The van der Waals surface area contributed by atoms with Crippen LogP contribution in [-0.2, 0) is 4.79 Å². The minimum absolute atomic E-state index is 0.0347. The number of rotatable bonds is 1. The average molecular weight is 114 g/mol. The Balaban J connectivity index is 2.32. The molecule has 0 unspecified atom stereocenters. The molecule has 0 aromatic heterocycles. The van der Waals surface area contributed by atoms with Gasteiger partial charge in [-0.3, -0.25) is 9.80 Å². The Labute approximate surface area is 48.4 Å². The van der Waals surface area contributed by atoms with Gasteiger partial charge in [-0.25, -0.2) is 5.84 Å². The van der Waals surface area contributed by atoms with Gasteiger partial charge in [0.1, 0.15) is 0 Å². The second kappa shape index (κ2) is 1.74. The zero-order valence-electron chi connectivity index (χ0n) is 4.92. The summed E-state index contributed by atoms with van der Waals surface area (Å²) in [5.41, 5.74) is 0. The Morgan fingerprint density at radius 2 is 2.25 bits per heavy atom. The Kier molecular flexibility index (Phi) is 1.21. The third-order valence-corrected chi connectivity index (χ3v) is 1.30. The molecular weight excluding hydrogens is 104 g/mol. The first-order valence-corrected chi connectivity index (χ1v) is 2.76. The quantitative estimate of drug-likeness (QED) is 0.293. The van der Waals surface area contributed by atoms with Crippen molar-refractivity contribution in [1.29, 1.82) is 0 Å². The third kappa shape index (κ3) is 0.980. The van der Waals surface area contributed by atoms with Crippen LogP contribution in [0.2, 0.25) is 0 Å². The highest BCUT2D eigenvalue weighted by Crippen LogP contribution is 2.23. The van der Waals surface area contributed by atoms with E-state index in [0.29, 0.717) is 6.04 Å². The van der Waals surface area contributed by atoms with Gasteiger partial charge in [0.15, 0.2) is 0 Å². The molecule has 0 aromatic rings. The molecule has 1 rings (SSSR count). The van der Waals surface area contributed by atoms with E-state index in [1.807, 2.05) is 0 Å². The molecule has 0 aliphatic heterocycles. The number of carbonyl (C=O) groups excluding carboxylic acids is 1. The summed E-state index contributed by atoms with van der Waals surface area (Å²) in [6.07, 6.45) is 2.16. The molecule has 1 aliphatic carbocycles. The van der Waals surface area contributed by atoms with Crippen LogP contribution in [0.1, 0.15) is 19.8 Å². The molecule has 8 heavy (non-hydrogen) atoms. The molecule has 1 saturated carbocycles. The first-order chi connectivity index (χ1) is 3.72. The number of nitrogens with zero attached hydrogens (tertiary/aromatic N) is 1. The van der Waals surface area contributed by atoms with Crippen LogP contribution in [0.15, 0.2) is 0 Å². The van der Waals surface area contributed by atoms with Gasteiger partial charge in [-0.1, -0.05) is 0 Å². The summed E-state index contributed by atoms with van der Waals surface area (Å²) in [5, 5.41) is 1.31.